The van der Waals surface area contributed by atoms with Crippen LogP contribution in [0.15, 0.2) is 0 Å². The summed E-state index contributed by atoms with van der Waals surface area (Å²) >= 11 is 0. The lowest BCUT2D eigenvalue weighted by molar-refractivity contribution is -0.579. The lowest BCUT2D eigenvalue weighted by Crippen LogP contribution is -2.21. The molecule has 0 aliphatic heterocycles. The zero-order valence-electron chi connectivity index (χ0n) is 4.06. The van der Waals surface area contributed by atoms with Crippen molar-refractivity contribution in [2.75, 3.05) is 13.6 Å². The molecule has 0 radical (unpaired) electrons. The molecule has 0 saturated carbocycles. The number of hydrazine groups is 1. The topological polar surface area (TPSA) is 32.1 Å². The van der Waals surface area contributed by atoms with Crippen molar-refractivity contribution in [3.05, 3.63) is 4.91 Å². The van der Waals surface area contributed by atoms with Gasteiger partial charge < -0.3 is 0 Å². The summed E-state index contributed by atoms with van der Waals surface area (Å²) in [6, 6.07) is 0. The maximum atomic E-state index is 9.85. The Bertz CT molecular complexity index is 52.8. The predicted molar refractivity (Wildman–Crippen MR) is 23.2 cm³/mol. The van der Waals surface area contributed by atoms with Gasteiger partial charge in [0.15, 0.2) is 0 Å². The fourth-order valence-corrected chi connectivity index (χ4v) is 0.223. The zero-order valence-corrected chi connectivity index (χ0v) is 4.06. The molecule has 0 aliphatic carbocycles. The van der Waals surface area contributed by atoms with Crippen molar-refractivity contribution >= 4 is 0 Å². The van der Waals surface area contributed by atoms with Crippen molar-refractivity contribution in [3.63, 3.8) is 0 Å². The fourth-order valence-electron chi connectivity index (χ4n) is 0.223. The normalized spacial score (nSPS) is 7.67. The number of rotatable bonds is 2. The van der Waals surface area contributed by atoms with Crippen LogP contribution in [0.1, 0.15) is 6.92 Å². The van der Waals surface area contributed by atoms with Gasteiger partial charge in [-0.2, -0.15) is 5.43 Å². The van der Waals surface area contributed by atoms with E-state index in [9.17, 15) is 4.91 Å². The molecule has 0 atom stereocenters. The highest BCUT2D eigenvalue weighted by Crippen LogP contribution is 1.49. The Balaban J connectivity index is 2.83. The Morgan fingerprint density at radius 2 is 2.33 bits per heavy atom. The highest BCUT2D eigenvalue weighted by Gasteiger charge is 1.85. The molecule has 3 heteroatoms. The minimum absolute atomic E-state index is 0.681. The minimum atomic E-state index is 0.681. The molecule has 6 heavy (non-hydrogen) atoms. The van der Waals surface area contributed by atoms with Gasteiger partial charge in [-0.05, 0) is 6.92 Å². The van der Waals surface area contributed by atoms with Crippen molar-refractivity contribution in [2.45, 2.75) is 6.92 Å². The molecule has 0 saturated heterocycles. The second-order valence-electron chi connectivity index (χ2n) is 1.01. The summed E-state index contributed by atoms with van der Waals surface area (Å²) in [7, 11) is 1.42. The molecule has 3 nitrogen and oxygen atoms in total. The highest BCUT2D eigenvalue weighted by molar-refractivity contribution is 4.07. The van der Waals surface area contributed by atoms with Crippen molar-refractivity contribution < 1.29 is 4.87 Å². The van der Waals surface area contributed by atoms with Gasteiger partial charge in [0.05, 0.1) is 11.5 Å². The van der Waals surface area contributed by atoms with Gasteiger partial charge in [-0.3, -0.25) is 0 Å². The van der Waals surface area contributed by atoms with Gasteiger partial charge in [-0.15, -0.1) is 0 Å². The first-order valence-corrected chi connectivity index (χ1v) is 1.91. The van der Waals surface area contributed by atoms with E-state index >= 15 is 0 Å². The van der Waals surface area contributed by atoms with Gasteiger partial charge >= 0.3 is 0 Å². The summed E-state index contributed by atoms with van der Waals surface area (Å²) in [6.07, 6.45) is 0. The largest absolute Gasteiger partial charge is 0.215 e. The van der Waals surface area contributed by atoms with Crippen LogP contribution in [0.3, 0.4) is 0 Å². The minimum Gasteiger partial charge on any atom is -0.154 e. The lowest BCUT2D eigenvalue weighted by atomic mass is 10.8. The van der Waals surface area contributed by atoms with Crippen LogP contribution in [-0.4, -0.2) is 18.5 Å². The molecule has 0 rings (SSSR count). The number of hydrogen-bond acceptors (Lipinski definition) is 1. The number of hydrogen-bond donors (Lipinski definition) is 1. The van der Waals surface area contributed by atoms with Crippen molar-refractivity contribution in [1.82, 2.24) is 5.43 Å². The van der Waals surface area contributed by atoms with E-state index in [-0.39, 0.29) is 0 Å². The second-order valence-corrected chi connectivity index (χ2v) is 1.01. The van der Waals surface area contributed by atoms with E-state index in [0.29, 0.717) is 11.4 Å². The van der Waals surface area contributed by atoms with Crippen molar-refractivity contribution in [3.8, 4) is 0 Å². The first-order chi connectivity index (χ1) is 2.77. The van der Waals surface area contributed by atoms with E-state index in [1.165, 1.54) is 7.05 Å². The summed E-state index contributed by atoms with van der Waals surface area (Å²) in [5, 5.41) is 0. The Morgan fingerprint density at radius 3 is 2.33 bits per heavy atom. The van der Waals surface area contributed by atoms with Gasteiger partial charge in [0.25, 0.3) is 0 Å². The van der Waals surface area contributed by atoms with Crippen LogP contribution in [0, 0.1) is 4.91 Å². The Labute approximate surface area is 36.9 Å². The zero-order chi connectivity index (χ0) is 4.99. The number of nitrogens with zero attached hydrogens (tertiary/aromatic N) is 1. The van der Waals surface area contributed by atoms with E-state index in [1.54, 1.807) is 0 Å². The molecule has 0 aromatic carbocycles. The molecule has 0 spiro atoms. The third kappa shape index (κ3) is 3.40. The Hall–Kier alpha value is -0.600. The fraction of sp³-hybridized carbons (Fsp3) is 1.00. The SMILES string of the molecule is CCN[N+](C)=O. The summed E-state index contributed by atoms with van der Waals surface area (Å²) in [6.45, 7) is 2.56. The van der Waals surface area contributed by atoms with Gasteiger partial charge in [0.2, 0.25) is 7.05 Å². The highest BCUT2D eigenvalue weighted by atomic mass is 16.3. The van der Waals surface area contributed by atoms with Gasteiger partial charge in [0, 0.05) is 0 Å². The quantitative estimate of drug-likeness (QED) is 0.379. The molecule has 0 fully saturated rings. The molecular weight excluding hydrogens is 80.0 g/mol. The van der Waals surface area contributed by atoms with Gasteiger partial charge in [-0.1, -0.05) is 0 Å². The first-order valence-electron chi connectivity index (χ1n) is 1.91. The third-order valence-electron chi connectivity index (χ3n) is 0.381. The van der Waals surface area contributed by atoms with Crippen LogP contribution < -0.4 is 5.43 Å². The molecule has 0 aliphatic rings. The maximum Gasteiger partial charge on any atom is 0.215 e. The van der Waals surface area contributed by atoms with E-state index in [1.807, 2.05) is 6.92 Å². The number of nitroso groups, excluding NO2 is 1. The Kier molecular flexibility index (Phi) is 2.36. The first kappa shape index (κ1) is 5.40. The molecule has 0 aromatic heterocycles. The molecule has 0 amide bonds. The molecule has 36 valence electrons. The smallest absolute Gasteiger partial charge is 0.154 e. The summed E-state index contributed by atoms with van der Waals surface area (Å²) < 4.78 is 0. The summed E-state index contributed by atoms with van der Waals surface area (Å²) in [4.78, 5) is 10.5. The maximum absolute atomic E-state index is 9.85. The Morgan fingerprint density at radius 1 is 1.83 bits per heavy atom. The van der Waals surface area contributed by atoms with Crippen LogP contribution in [0.2, 0.25) is 0 Å². The van der Waals surface area contributed by atoms with E-state index in [4.69, 9.17) is 0 Å². The summed E-state index contributed by atoms with van der Waals surface area (Å²) in [5.74, 6) is 0. The molecule has 0 heterocycles. The van der Waals surface area contributed by atoms with Crippen LogP contribution >= 0.6 is 0 Å². The van der Waals surface area contributed by atoms with Crippen molar-refractivity contribution in [2.24, 2.45) is 0 Å². The summed E-state index contributed by atoms with van der Waals surface area (Å²) in [5.41, 5.74) is 2.49. The van der Waals surface area contributed by atoms with E-state index < -0.39 is 0 Å². The van der Waals surface area contributed by atoms with Gasteiger partial charge in [-0.25, -0.2) is 0 Å². The van der Waals surface area contributed by atoms with E-state index in [2.05, 4.69) is 5.43 Å². The van der Waals surface area contributed by atoms with Crippen molar-refractivity contribution in [1.29, 1.82) is 0 Å². The van der Waals surface area contributed by atoms with Crippen LogP contribution in [0.25, 0.3) is 0 Å². The van der Waals surface area contributed by atoms with Crippen LogP contribution in [0.5, 0.6) is 0 Å². The molecule has 1 N–H and O–H groups in total. The second kappa shape index (κ2) is 2.63. The molecule has 0 aromatic rings. The number of nitrogens with one attached hydrogen (secondary N) is 1. The van der Waals surface area contributed by atoms with Crippen LogP contribution in [-0.2, 0) is 0 Å². The molecule has 0 unspecified atom stereocenters. The predicted octanol–water partition coefficient (Wildman–Crippen LogP) is -0.0804. The standard InChI is InChI=1S/C3H9N2O/c1-3-4-5(2)6/h3H2,1-2H3,(H,4,6)/q+1. The average Bonchev–Trinajstić information content (AvgIpc) is 1.35. The van der Waals surface area contributed by atoms with E-state index in [0.717, 1.165) is 0 Å². The van der Waals surface area contributed by atoms with Gasteiger partial charge in [0.1, 0.15) is 4.87 Å². The molecule has 0 bridgehead atoms. The molecular formula is C3H9N2O+. The van der Waals surface area contributed by atoms with Crippen LogP contribution in [0.4, 0.5) is 0 Å². The lowest BCUT2D eigenvalue weighted by Gasteiger charge is -1.80. The third-order valence-corrected chi connectivity index (χ3v) is 0.381. The monoisotopic (exact) mass is 89.1 g/mol. The average molecular weight is 89.1 g/mol.